The van der Waals surface area contributed by atoms with Crippen molar-refractivity contribution < 1.29 is 9.53 Å². The number of hydrogen-bond donors (Lipinski definition) is 3. The van der Waals surface area contributed by atoms with Crippen LogP contribution in [0.1, 0.15) is 42.4 Å². The van der Waals surface area contributed by atoms with E-state index in [0.29, 0.717) is 41.7 Å². The largest absolute Gasteiger partial charge is 0.397 e. The number of nitrogen functional groups attached to an aromatic ring is 1. The Hall–Kier alpha value is -4.70. The molecule has 1 aliphatic rings. The highest BCUT2D eigenvalue weighted by Gasteiger charge is 2.23. The van der Waals surface area contributed by atoms with Crippen LogP contribution in [-0.4, -0.2) is 46.7 Å². The summed E-state index contributed by atoms with van der Waals surface area (Å²) >= 11 is 0. The van der Waals surface area contributed by atoms with E-state index in [1.54, 1.807) is 19.4 Å². The molecule has 0 radical (unpaired) electrons. The molecule has 3 heterocycles. The number of aromatic nitrogens is 3. The Bertz CT molecular complexity index is 1680. The number of morpholine rings is 1. The molecule has 0 saturated carbocycles. The molecule has 0 bridgehead atoms. The third-order valence-electron chi connectivity index (χ3n) is 7.40. The van der Waals surface area contributed by atoms with Gasteiger partial charge in [-0.3, -0.25) is 14.6 Å². The van der Waals surface area contributed by atoms with Crippen molar-refractivity contribution in [2.75, 3.05) is 47.6 Å². The lowest BCUT2D eigenvalue weighted by Gasteiger charge is -2.30. The summed E-state index contributed by atoms with van der Waals surface area (Å²) in [5, 5.41) is 6.19. The number of ether oxygens (including phenoxy) is 1. The lowest BCUT2D eigenvalue weighted by molar-refractivity contribution is 0.102. The van der Waals surface area contributed by atoms with Gasteiger partial charge in [-0.2, -0.15) is 0 Å². The summed E-state index contributed by atoms with van der Waals surface area (Å²) in [6, 6.07) is 15.0. The minimum atomic E-state index is -0.283. The molecule has 10 heteroatoms. The number of nitrogens with zero attached hydrogens (tertiary/aromatic N) is 4. The first-order valence-electron chi connectivity index (χ1n) is 14.0. The Kier molecular flexibility index (Phi) is 8.00. The van der Waals surface area contributed by atoms with E-state index in [4.69, 9.17) is 10.5 Å². The van der Waals surface area contributed by atoms with Crippen LogP contribution >= 0.6 is 0 Å². The van der Waals surface area contributed by atoms with Crippen LogP contribution in [0.15, 0.2) is 65.7 Å². The van der Waals surface area contributed by atoms with Gasteiger partial charge in [0, 0.05) is 49.5 Å². The fourth-order valence-electron chi connectivity index (χ4n) is 5.10. The molecule has 4 aromatic rings. The maximum atomic E-state index is 13.3. The highest BCUT2D eigenvalue weighted by atomic mass is 16.5. The molecular weight excluding hydrogens is 530 g/mol. The number of anilines is 5. The predicted octanol–water partition coefficient (Wildman–Crippen LogP) is 4.86. The Morgan fingerprint density at radius 2 is 1.83 bits per heavy atom. The van der Waals surface area contributed by atoms with Crippen molar-refractivity contribution in [1.82, 2.24) is 14.5 Å². The van der Waals surface area contributed by atoms with Gasteiger partial charge in [0.05, 0.1) is 30.3 Å². The van der Waals surface area contributed by atoms with Crippen molar-refractivity contribution in [3.8, 4) is 11.3 Å². The van der Waals surface area contributed by atoms with Gasteiger partial charge in [0.25, 0.3) is 11.5 Å². The van der Waals surface area contributed by atoms with E-state index in [1.807, 2.05) is 55.5 Å². The average molecular weight is 568 g/mol. The molecule has 0 spiro atoms. The van der Waals surface area contributed by atoms with Gasteiger partial charge >= 0.3 is 0 Å². The van der Waals surface area contributed by atoms with Gasteiger partial charge in [-0.1, -0.05) is 39.0 Å². The van der Waals surface area contributed by atoms with Gasteiger partial charge < -0.3 is 30.6 Å². The fraction of sp³-hybridized carbons (Fsp3) is 0.312. The first-order valence-corrected chi connectivity index (χ1v) is 14.0. The molecule has 2 aromatic carbocycles. The fourth-order valence-corrected chi connectivity index (χ4v) is 5.10. The first-order chi connectivity index (χ1) is 20.0. The standard InChI is InChI=1S/C32H37N7O3/c1-20-22(8-6-10-25(20)37-30(40)28-23(32(2,3)4)9-7-13-34-28)26-19-38(5)31(41)29(36-26)35-21-11-12-27(24(33)18-21)39-14-16-42-17-15-39/h6-13,18-19H,14-17,33H2,1-5H3,(H,35,36)(H,37,40). The van der Waals surface area contributed by atoms with Crippen LogP contribution in [0.5, 0.6) is 0 Å². The number of nitrogens with one attached hydrogen (secondary N) is 2. The number of rotatable bonds is 6. The lowest BCUT2D eigenvalue weighted by atomic mass is 9.85. The Morgan fingerprint density at radius 3 is 2.55 bits per heavy atom. The van der Waals surface area contributed by atoms with Gasteiger partial charge in [-0.15, -0.1) is 0 Å². The molecule has 0 aliphatic carbocycles. The lowest BCUT2D eigenvalue weighted by Crippen LogP contribution is -2.36. The summed E-state index contributed by atoms with van der Waals surface area (Å²) in [4.78, 5) is 37.6. The normalized spacial score (nSPS) is 13.6. The number of aryl methyl sites for hydroxylation is 1. The zero-order valence-corrected chi connectivity index (χ0v) is 24.7. The smallest absolute Gasteiger partial charge is 0.293 e. The quantitative estimate of drug-likeness (QED) is 0.282. The molecule has 2 aromatic heterocycles. The SMILES string of the molecule is Cc1c(NC(=O)c2ncccc2C(C)(C)C)cccc1-c1cn(C)c(=O)c(Nc2ccc(N3CCOCC3)c(N)c2)n1. The molecule has 42 heavy (non-hydrogen) atoms. The molecule has 1 amide bonds. The van der Waals surface area contributed by atoms with Crippen LogP contribution in [-0.2, 0) is 17.2 Å². The number of carbonyl (C=O) groups is 1. The summed E-state index contributed by atoms with van der Waals surface area (Å²) in [7, 11) is 1.69. The number of pyridine rings is 1. The number of benzene rings is 2. The van der Waals surface area contributed by atoms with Crippen LogP contribution in [0.4, 0.5) is 28.6 Å². The van der Waals surface area contributed by atoms with E-state index in [1.165, 1.54) is 4.57 Å². The van der Waals surface area contributed by atoms with Gasteiger partial charge in [-0.25, -0.2) is 4.98 Å². The molecular formula is C32H37N7O3. The topological polar surface area (TPSA) is 127 Å². The number of hydrogen-bond acceptors (Lipinski definition) is 8. The molecule has 0 atom stereocenters. The van der Waals surface area contributed by atoms with Crippen LogP contribution in [0, 0.1) is 6.92 Å². The van der Waals surface area contributed by atoms with Crippen LogP contribution in [0.25, 0.3) is 11.3 Å². The van der Waals surface area contributed by atoms with E-state index in [0.717, 1.165) is 35.5 Å². The second kappa shape index (κ2) is 11.7. The third kappa shape index (κ3) is 5.99. The second-order valence-electron chi connectivity index (χ2n) is 11.5. The summed E-state index contributed by atoms with van der Waals surface area (Å²) in [5.41, 5.74) is 12.1. The third-order valence-corrected chi connectivity index (χ3v) is 7.40. The van der Waals surface area contributed by atoms with Crippen LogP contribution in [0.2, 0.25) is 0 Å². The molecule has 1 fully saturated rings. The summed E-state index contributed by atoms with van der Waals surface area (Å²) in [5.74, 6) is -0.111. The van der Waals surface area contributed by atoms with E-state index in [9.17, 15) is 9.59 Å². The van der Waals surface area contributed by atoms with E-state index >= 15 is 0 Å². The van der Waals surface area contributed by atoms with Crippen molar-refractivity contribution in [2.45, 2.75) is 33.1 Å². The first kappa shape index (κ1) is 28.8. The maximum Gasteiger partial charge on any atom is 0.293 e. The number of nitrogens with two attached hydrogens (primary N) is 1. The van der Waals surface area contributed by atoms with Gasteiger partial charge in [0.15, 0.2) is 5.82 Å². The molecule has 4 N–H and O–H groups in total. The molecule has 1 saturated heterocycles. The van der Waals surface area contributed by atoms with E-state index in [2.05, 4.69) is 46.3 Å². The van der Waals surface area contributed by atoms with Crippen molar-refractivity contribution in [1.29, 1.82) is 0 Å². The summed E-state index contributed by atoms with van der Waals surface area (Å²) in [6.45, 7) is 11.0. The second-order valence-corrected chi connectivity index (χ2v) is 11.5. The van der Waals surface area contributed by atoms with E-state index < -0.39 is 0 Å². The highest BCUT2D eigenvalue weighted by molar-refractivity contribution is 6.05. The Morgan fingerprint density at radius 1 is 1.07 bits per heavy atom. The Labute approximate surface area is 245 Å². The van der Waals surface area contributed by atoms with Crippen LogP contribution in [0.3, 0.4) is 0 Å². The maximum absolute atomic E-state index is 13.3. The minimum absolute atomic E-state index is 0.172. The van der Waals surface area contributed by atoms with E-state index in [-0.39, 0.29) is 22.7 Å². The van der Waals surface area contributed by atoms with Crippen molar-refractivity contribution in [3.63, 3.8) is 0 Å². The minimum Gasteiger partial charge on any atom is -0.397 e. The molecule has 0 unspecified atom stereocenters. The number of carbonyl (C=O) groups excluding carboxylic acids is 1. The summed E-state index contributed by atoms with van der Waals surface area (Å²) in [6.07, 6.45) is 3.31. The van der Waals surface area contributed by atoms with Gasteiger partial charge in [0.2, 0.25) is 0 Å². The van der Waals surface area contributed by atoms with Gasteiger partial charge in [0.1, 0.15) is 5.69 Å². The average Bonchev–Trinajstić information content (AvgIpc) is 2.96. The number of amides is 1. The van der Waals surface area contributed by atoms with Gasteiger partial charge in [-0.05, 0) is 53.8 Å². The molecule has 1 aliphatic heterocycles. The monoisotopic (exact) mass is 567 g/mol. The molecule has 5 rings (SSSR count). The summed E-state index contributed by atoms with van der Waals surface area (Å²) < 4.78 is 6.93. The van der Waals surface area contributed by atoms with Crippen molar-refractivity contribution >= 4 is 34.5 Å². The van der Waals surface area contributed by atoms with Crippen molar-refractivity contribution in [3.05, 3.63) is 88.1 Å². The zero-order chi connectivity index (χ0) is 30.0. The van der Waals surface area contributed by atoms with Crippen molar-refractivity contribution in [2.24, 2.45) is 7.05 Å². The highest BCUT2D eigenvalue weighted by Crippen LogP contribution is 2.31. The molecule has 10 nitrogen and oxygen atoms in total. The molecule has 218 valence electrons. The predicted molar refractivity (Wildman–Crippen MR) is 168 cm³/mol. The van der Waals surface area contributed by atoms with Crippen LogP contribution < -0.4 is 26.8 Å². The Balaban J connectivity index is 1.43. The zero-order valence-electron chi connectivity index (χ0n) is 24.7.